The molecule has 1 aromatic heterocycles. The maximum absolute atomic E-state index is 12.0. The maximum Gasteiger partial charge on any atom is 0.321 e. The van der Waals surface area contributed by atoms with E-state index >= 15 is 0 Å². The minimum Gasteiger partial charge on any atom is -0.465 e. The molecule has 0 aromatic carbocycles. The molecule has 0 atom stereocenters. The molecule has 21 heavy (non-hydrogen) atoms. The predicted molar refractivity (Wildman–Crippen MR) is 77.3 cm³/mol. The van der Waals surface area contributed by atoms with Gasteiger partial charge in [0.1, 0.15) is 0 Å². The lowest BCUT2D eigenvalue weighted by atomic mass is 10.2. The SMILES string of the molecule is CCCCCCn1nnc(S(=O)(=O)CC(=O)OCC)c1N. The second-order valence-electron chi connectivity index (χ2n) is 4.63. The number of rotatable bonds is 9. The third kappa shape index (κ3) is 5.00. The van der Waals surface area contributed by atoms with Crippen molar-refractivity contribution in [1.29, 1.82) is 0 Å². The third-order valence-corrected chi connectivity index (χ3v) is 4.37. The van der Waals surface area contributed by atoms with Crippen molar-refractivity contribution in [3.63, 3.8) is 0 Å². The van der Waals surface area contributed by atoms with E-state index in [2.05, 4.69) is 22.0 Å². The van der Waals surface area contributed by atoms with Crippen molar-refractivity contribution in [2.24, 2.45) is 0 Å². The van der Waals surface area contributed by atoms with Crippen LogP contribution in [0.2, 0.25) is 0 Å². The van der Waals surface area contributed by atoms with E-state index in [4.69, 9.17) is 5.73 Å². The molecule has 0 saturated carbocycles. The Kier molecular flexibility index (Phi) is 6.60. The fraction of sp³-hybridized carbons (Fsp3) is 0.750. The summed E-state index contributed by atoms with van der Waals surface area (Å²) in [5, 5.41) is 6.98. The van der Waals surface area contributed by atoms with Crippen molar-refractivity contribution in [3.8, 4) is 0 Å². The molecular formula is C12H22N4O4S. The van der Waals surface area contributed by atoms with Crippen molar-refractivity contribution in [2.45, 2.75) is 51.1 Å². The lowest BCUT2D eigenvalue weighted by Gasteiger charge is -2.04. The number of nitrogens with two attached hydrogens (primary N) is 1. The van der Waals surface area contributed by atoms with Crippen LogP contribution in [-0.2, 0) is 25.9 Å². The van der Waals surface area contributed by atoms with Gasteiger partial charge in [0, 0.05) is 6.54 Å². The summed E-state index contributed by atoms with van der Waals surface area (Å²) in [6, 6.07) is 0. The number of carbonyl (C=O) groups is 1. The first-order valence-corrected chi connectivity index (χ1v) is 8.65. The van der Waals surface area contributed by atoms with Crippen LogP contribution in [0, 0.1) is 0 Å². The number of sulfone groups is 1. The largest absolute Gasteiger partial charge is 0.465 e. The van der Waals surface area contributed by atoms with E-state index in [1.54, 1.807) is 6.92 Å². The number of ether oxygens (including phenoxy) is 1. The van der Waals surface area contributed by atoms with Gasteiger partial charge in [-0.1, -0.05) is 31.4 Å². The van der Waals surface area contributed by atoms with E-state index in [1.807, 2.05) is 0 Å². The number of hydrogen-bond acceptors (Lipinski definition) is 7. The molecule has 8 nitrogen and oxygen atoms in total. The maximum atomic E-state index is 12.0. The number of aromatic nitrogens is 3. The quantitative estimate of drug-likeness (QED) is 0.528. The van der Waals surface area contributed by atoms with Crippen molar-refractivity contribution in [2.75, 3.05) is 18.1 Å². The van der Waals surface area contributed by atoms with Gasteiger partial charge in [-0.2, -0.15) is 0 Å². The zero-order chi connectivity index (χ0) is 15.9. The van der Waals surface area contributed by atoms with Crippen molar-refractivity contribution in [3.05, 3.63) is 0 Å². The molecule has 2 N–H and O–H groups in total. The van der Waals surface area contributed by atoms with Gasteiger partial charge in [0.05, 0.1) is 6.61 Å². The van der Waals surface area contributed by atoms with Crippen LogP contribution in [0.1, 0.15) is 39.5 Å². The molecule has 0 aliphatic rings. The zero-order valence-electron chi connectivity index (χ0n) is 12.4. The van der Waals surface area contributed by atoms with Crippen LogP contribution in [-0.4, -0.2) is 41.7 Å². The minimum absolute atomic E-state index is 0.0317. The number of nitrogen functional groups attached to an aromatic ring is 1. The Labute approximate surface area is 124 Å². The topological polar surface area (TPSA) is 117 Å². The number of anilines is 1. The number of esters is 1. The Balaban J connectivity index is 2.75. The van der Waals surface area contributed by atoms with Crippen molar-refractivity contribution in [1.82, 2.24) is 15.0 Å². The van der Waals surface area contributed by atoms with Crippen LogP contribution in [0.5, 0.6) is 0 Å². The first kappa shape index (κ1) is 17.4. The van der Waals surface area contributed by atoms with Crippen molar-refractivity contribution >= 4 is 21.6 Å². The molecule has 1 aromatic rings. The summed E-state index contributed by atoms with van der Waals surface area (Å²) in [5.41, 5.74) is 5.76. The highest BCUT2D eigenvalue weighted by Gasteiger charge is 2.27. The zero-order valence-corrected chi connectivity index (χ0v) is 13.2. The summed E-state index contributed by atoms with van der Waals surface area (Å²) in [6.07, 6.45) is 4.06. The lowest BCUT2D eigenvalue weighted by molar-refractivity contribution is -0.139. The van der Waals surface area contributed by atoms with Crippen LogP contribution in [0.15, 0.2) is 5.03 Å². The van der Waals surface area contributed by atoms with Gasteiger partial charge >= 0.3 is 5.97 Å². The summed E-state index contributed by atoms with van der Waals surface area (Å²) < 4.78 is 30.0. The molecule has 120 valence electrons. The smallest absolute Gasteiger partial charge is 0.321 e. The Morgan fingerprint density at radius 2 is 2.00 bits per heavy atom. The van der Waals surface area contributed by atoms with Crippen LogP contribution in [0.25, 0.3) is 0 Å². The molecule has 0 saturated heterocycles. The van der Waals surface area contributed by atoms with E-state index in [0.29, 0.717) is 6.54 Å². The van der Waals surface area contributed by atoms with Gasteiger partial charge in [-0.05, 0) is 13.3 Å². The van der Waals surface area contributed by atoms with E-state index in [-0.39, 0.29) is 17.5 Å². The van der Waals surface area contributed by atoms with Gasteiger partial charge in [-0.25, -0.2) is 13.1 Å². The summed E-state index contributed by atoms with van der Waals surface area (Å²) >= 11 is 0. The van der Waals surface area contributed by atoms with Gasteiger partial charge in [0.2, 0.25) is 14.9 Å². The monoisotopic (exact) mass is 318 g/mol. The van der Waals surface area contributed by atoms with Gasteiger partial charge < -0.3 is 10.5 Å². The molecule has 0 fully saturated rings. The molecule has 0 aliphatic carbocycles. The fourth-order valence-corrected chi connectivity index (χ4v) is 2.92. The normalized spacial score (nSPS) is 11.5. The highest BCUT2D eigenvalue weighted by Crippen LogP contribution is 2.17. The summed E-state index contributed by atoms with van der Waals surface area (Å²) in [7, 11) is -3.92. The van der Waals surface area contributed by atoms with E-state index in [1.165, 1.54) is 4.68 Å². The first-order valence-electron chi connectivity index (χ1n) is 6.99. The van der Waals surface area contributed by atoms with E-state index in [0.717, 1.165) is 25.7 Å². The van der Waals surface area contributed by atoms with Crippen LogP contribution < -0.4 is 5.73 Å². The van der Waals surface area contributed by atoms with Gasteiger partial charge in [-0.15, -0.1) is 5.10 Å². The Hall–Kier alpha value is -1.64. The average Bonchev–Trinajstić information content (AvgIpc) is 2.76. The molecule has 0 unspecified atom stereocenters. The van der Waals surface area contributed by atoms with Crippen LogP contribution in [0.4, 0.5) is 5.82 Å². The van der Waals surface area contributed by atoms with Gasteiger partial charge in [0.25, 0.3) is 0 Å². The molecule has 9 heteroatoms. The molecule has 1 rings (SSSR count). The Morgan fingerprint density at radius 1 is 1.29 bits per heavy atom. The molecule has 0 bridgehead atoms. The molecule has 0 radical (unpaired) electrons. The number of hydrogen-bond donors (Lipinski definition) is 1. The highest BCUT2D eigenvalue weighted by atomic mass is 32.2. The minimum atomic E-state index is -3.92. The number of carbonyl (C=O) groups excluding carboxylic acids is 1. The van der Waals surface area contributed by atoms with Crippen LogP contribution >= 0.6 is 0 Å². The van der Waals surface area contributed by atoms with E-state index < -0.39 is 21.6 Å². The van der Waals surface area contributed by atoms with Crippen LogP contribution in [0.3, 0.4) is 0 Å². The first-order chi connectivity index (χ1) is 9.92. The standard InChI is InChI=1S/C12H22N4O4S/c1-3-5-6-7-8-16-11(13)12(14-15-16)21(18,19)9-10(17)20-4-2/h3-9,13H2,1-2H3. The lowest BCUT2D eigenvalue weighted by Crippen LogP contribution is -2.20. The highest BCUT2D eigenvalue weighted by molar-refractivity contribution is 7.92. The van der Waals surface area contributed by atoms with Gasteiger partial charge in [-0.3, -0.25) is 4.79 Å². The Bertz CT molecular complexity index is 568. The average molecular weight is 318 g/mol. The third-order valence-electron chi connectivity index (χ3n) is 2.87. The fourth-order valence-electron chi connectivity index (χ4n) is 1.81. The molecular weight excluding hydrogens is 296 g/mol. The molecule has 0 spiro atoms. The predicted octanol–water partition coefficient (Wildman–Crippen LogP) is 0.777. The second kappa shape index (κ2) is 7.96. The molecule has 0 amide bonds. The molecule has 1 heterocycles. The summed E-state index contributed by atoms with van der Waals surface area (Å²) in [6.45, 7) is 4.33. The molecule has 0 aliphatic heterocycles. The van der Waals surface area contributed by atoms with Gasteiger partial charge in [0.15, 0.2) is 11.6 Å². The number of aryl methyl sites for hydroxylation is 1. The second-order valence-corrected chi connectivity index (χ2v) is 6.53. The van der Waals surface area contributed by atoms with E-state index in [9.17, 15) is 13.2 Å². The Morgan fingerprint density at radius 3 is 2.62 bits per heavy atom. The van der Waals surface area contributed by atoms with Crippen molar-refractivity contribution < 1.29 is 17.9 Å². The number of unbranched alkanes of at least 4 members (excludes halogenated alkanes) is 3. The summed E-state index contributed by atoms with van der Waals surface area (Å²) in [4.78, 5) is 11.3. The number of nitrogens with zero attached hydrogens (tertiary/aromatic N) is 3. The summed E-state index contributed by atoms with van der Waals surface area (Å²) in [5.74, 6) is -1.63.